The van der Waals surface area contributed by atoms with E-state index >= 15 is 0 Å². The predicted octanol–water partition coefficient (Wildman–Crippen LogP) is 0.298. The minimum atomic E-state index is -0.603. The van der Waals surface area contributed by atoms with Gasteiger partial charge in [0, 0.05) is 18.8 Å². The van der Waals surface area contributed by atoms with E-state index in [4.69, 9.17) is 5.73 Å². The maximum atomic E-state index is 12.4. The molecule has 1 rings (SSSR count). The van der Waals surface area contributed by atoms with Crippen LogP contribution in [0.3, 0.4) is 0 Å². The van der Waals surface area contributed by atoms with Gasteiger partial charge in [0.15, 0.2) is 0 Å². The van der Waals surface area contributed by atoms with Crippen LogP contribution in [0.15, 0.2) is 18.3 Å². The number of pyridine rings is 1. The second-order valence-electron chi connectivity index (χ2n) is 2.98. The lowest BCUT2D eigenvalue weighted by Crippen LogP contribution is -2.37. The molecule has 1 amide bonds. The largest absolute Gasteiger partial charge is 0.348 e. The number of carbonyl (C=O) groups excluding carboxylic acids is 1. The first-order valence-corrected chi connectivity index (χ1v) is 4.26. The van der Waals surface area contributed by atoms with Gasteiger partial charge in [-0.1, -0.05) is 0 Å². The first kappa shape index (κ1) is 10.6. The smallest absolute Gasteiger partial charge is 0.253 e. The quantitative estimate of drug-likeness (QED) is 0.685. The number of nitrogens with one attached hydrogen (secondary N) is 1. The fourth-order valence-corrected chi connectivity index (χ4v) is 0.876. The highest BCUT2D eigenvalue weighted by atomic mass is 19.1. The average Bonchev–Trinajstić information content (AvgIpc) is 2.18. The zero-order valence-electron chi connectivity index (χ0n) is 7.83. The Morgan fingerprint density at radius 3 is 2.93 bits per heavy atom. The highest BCUT2D eigenvalue weighted by Crippen LogP contribution is 1.99. The predicted molar refractivity (Wildman–Crippen MR) is 50.2 cm³/mol. The third kappa shape index (κ3) is 2.77. The lowest BCUT2D eigenvalue weighted by Gasteiger charge is -2.10. The van der Waals surface area contributed by atoms with E-state index in [-0.39, 0.29) is 11.9 Å². The molecule has 1 atom stereocenters. The summed E-state index contributed by atoms with van der Waals surface area (Å²) in [6.45, 7) is 2.15. The molecule has 0 saturated carbocycles. The van der Waals surface area contributed by atoms with Crippen molar-refractivity contribution < 1.29 is 9.18 Å². The lowest BCUT2D eigenvalue weighted by atomic mass is 10.2. The van der Waals surface area contributed by atoms with E-state index < -0.39 is 5.95 Å². The summed E-state index contributed by atoms with van der Waals surface area (Å²) in [5, 5.41) is 2.64. The van der Waals surface area contributed by atoms with Gasteiger partial charge in [0.25, 0.3) is 5.91 Å². The molecule has 0 saturated heterocycles. The molecule has 76 valence electrons. The summed E-state index contributed by atoms with van der Waals surface area (Å²) in [7, 11) is 0. The molecule has 0 aliphatic carbocycles. The first-order chi connectivity index (χ1) is 6.63. The summed E-state index contributed by atoms with van der Waals surface area (Å²) in [5.41, 5.74) is 5.66. The number of carbonyl (C=O) groups is 1. The monoisotopic (exact) mass is 197 g/mol. The Hall–Kier alpha value is -1.49. The normalized spacial score (nSPS) is 12.2. The molecule has 0 aromatic carbocycles. The van der Waals surface area contributed by atoms with Gasteiger partial charge in [0.1, 0.15) is 0 Å². The molecule has 0 spiro atoms. The van der Waals surface area contributed by atoms with Crippen LogP contribution < -0.4 is 11.1 Å². The van der Waals surface area contributed by atoms with Crippen LogP contribution in [0.5, 0.6) is 0 Å². The van der Waals surface area contributed by atoms with Crippen LogP contribution >= 0.6 is 0 Å². The van der Waals surface area contributed by atoms with E-state index in [1.54, 1.807) is 6.92 Å². The highest BCUT2D eigenvalue weighted by molar-refractivity contribution is 5.93. The number of aromatic nitrogens is 1. The van der Waals surface area contributed by atoms with E-state index in [2.05, 4.69) is 10.3 Å². The van der Waals surface area contributed by atoms with Crippen molar-refractivity contribution >= 4 is 5.91 Å². The molecule has 3 N–H and O–H groups in total. The van der Waals surface area contributed by atoms with Crippen LogP contribution in [-0.4, -0.2) is 23.5 Å². The van der Waals surface area contributed by atoms with Crippen molar-refractivity contribution in [3.05, 3.63) is 29.8 Å². The summed E-state index contributed by atoms with van der Waals surface area (Å²) in [5.74, 6) is -0.899. The van der Waals surface area contributed by atoms with Crippen LogP contribution in [-0.2, 0) is 0 Å². The van der Waals surface area contributed by atoms with Crippen molar-refractivity contribution in [1.82, 2.24) is 10.3 Å². The Balaban J connectivity index is 2.65. The molecule has 0 aliphatic rings. The van der Waals surface area contributed by atoms with Gasteiger partial charge in [-0.05, 0) is 19.1 Å². The fraction of sp³-hybridized carbons (Fsp3) is 0.333. The second-order valence-corrected chi connectivity index (χ2v) is 2.98. The van der Waals surface area contributed by atoms with Crippen molar-refractivity contribution in [2.75, 3.05) is 6.54 Å². The van der Waals surface area contributed by atoms with Crippen LogP contribution in [0.4, 0.5) is 4.39 Å². The van der Waals surface area contributed by atoms with Crippen molar-refractivity contribution in [2.45, 2.75) is 13.0 Å². The van der Waals surface area contributed by atoms with Crippen LogP contribution in [0.1, 0.15) is 17.3 Å². The Labute approximate surface area is 81.3 Å². The highest BCUT2D eigenvalue weighted by Gasteiger charge is 2.08. The van der Waals surface area contributed by atoms with Crippen LogP contribution in [0.2, 0.25) is 0 Å². The standard InChI is InChI=1S/C9H12FN3O/c1-6(4-11)13-9(14)7-2-3-8(10)12-5-7/h2-3,5-6H,4,11H2,1H3,(H,13,14)/t6-/m0/s1. The van der Waals surface area contributed by atoms with Crippen LogP contribution in [0, 0.1) is 5.95 Å². The molecule has 1 aromatic rings. The van der Waals surface area contributed by atoms with E-state index in [9.17, 15) is 9.18 Å². The van der Waals surface area contributed by atoms with Crippen molar-refractivity contribution in [1.29, 1.82) is 0 Å². The molecule has 4 nitrogen and oxygen atoms in total. The van der Waals surface area contributed by atoms with Crippen molar-refractivity contribution in [2.24, 2.45) is 5.73 Å². The summed E-state index contributed by atoms with van der Waals surface area (Å²) in [6.07, 6.45) is 1.19. The third-order valence-corrected chi connectivity index (χ3v) is 1.72. The topological polar surface area (TPSA) is 68.0 Å². The van der Waals surface area contributed by atoms with E-state index in [0.29, 0.717) is 12.1 Å². The Morgan fingerprint density at radius 1 is 1.71 bits per heavy atom. The lowest BCUT2D eigenvalue weighted by molar-refractivity contribution is 0.0941. The van der Waals surface area contributed by atoms with Gasteiger partial charge in [0.05, 0.1) is 5.56 Å². The number of amides is 1. The van der Waals surface area contributed by atoms with E-state index in [1.165, 1.54) is 12.3 Å². The summed E-state index contributed by atoms with van der Waals surface area (Å²) in [6, 6.07) is 2.41. The zero-order valence-corrected chi connectivity index (χ0v) is 7.83. The van der Waals surface area contributed by atoms with Gasteiger partial charge in [-0.2, -0.15) is 4.39 Å². The number of rotatable bonds is 3. The summed E-state index contributed by atoms with van der Waals surface area (Å²) < 4.78 is 12.4. The molecule has 0 radical (unpaired) electrons. The minimum Gasteiger partial charge on any atom is -0.348 e. The molecular weight excluding hydrogens is 185 g/mol. The van der Waals surface area contributed by atoms with Crippen molar-refractivity contribution in [3.63, 3.8) is 0 Å². The molecule has 0 bridgehead atoms. The number of nitrogens with zero attached hydrogens (tertiary/aromatic N) is 1. The third-order valence-electron chi connectivity index (χ3n) is 1.72. The van der Waals surface area contributed by atoms with E-state index in [0.717, 1.165) is 6.07 Å². The Kier molecular flexibility index (Phi) is 3.53. The molecule has 5 heteroatoms. The van der Waals surface area contributed by atoms with Gasteiger partial charge >= 0.3 is 0 Å². The Morgan fingerprint density at radius 2 is 2.43 bits per heavy atom. The van der Waals surface area contributed by atoms with Gasteiger partial charge in [0.2, 0.25) is 5.95 Å². The molecular formula is C9H12FN3O. The maximum absolute atomic E-state index is 12.4. The molecule has 1 aromatic heterocycles. The summed E-state index contributed by atoms with van der Waals surface area (Å²) >= 11 is 0. The van der Waals surface area contributed by atoms with Crippen LogP contribution in [0.25, 0.3) is 0 Å². The van der Waals surface area contributed by atoms with Gasteiger partial charge < -0.3 is 11.1 Å². The maximum Gasteiger partial charge on any atom is 0.253 e. The van der Waals surface area contributed by atoms with E-state index in [1.807, 2.05) is 0 Å². The number of hydrogen-bond donors (Lipinski definition) is 2. The SMILES string of the molecule is C[C@@H](CN)NC(=O)c1ccc(F)nc1. The second kappa shape index (κ2) is 4.66. The Bertz CT molecular complexity index is 312. The molecule has 14 heavy (non-hydrogen) atoms. The fourth-order valence-electron chi connectivity index (χ4n) is 0.876. The molecule has 0 fully saturated rings. The zero-order chi connectivity index (χ0) is 10.6. The first-order valence-electron chi connectivity index (χ1n) is 4.26. The minimum absolute atomic E-state index is 0.104. The average molecular weight is 197 g/mol. The molecule has 0 unspecified atom stereocenters. The van der Waals surface area contributed by atoms with Crippen molar-refractivity contribution in [3.8, 4) is 0 Å². The van der Waals surface area contributed by atoms with Gasteiger partial charge in [-0.15, -0.1) is 0 Å². The number of halogens is 1. The number of hydrogen-bond acceptors (Lipinski definition) is 3. The molecule has 0 aliphatic heterocycles. The van der Waals surface area contributed by atoms with Gasteiger partial charge in [-0.3, -0.25) is 4.79 Å². The molecule has 1 heterocycles. The van der Waals surface area contributed by atoms with Gasteiger partial charge in [-0.25, -0.2) is 4.98 Å². The summed E-state index contributed by atoms with van der Waals surface area (Å²) in [4.78, 5) is 14.8. The number of nitrogens with two attached hydrogens (primary N) is 1.